The molecule has 0 heterocycles. The lowest BCUT2D eigenvalue weighted by molar-refractivity contribution is 0.473. The van der Waals surface area contributed by atoms with E-state index < -0.39 is 0 Å². The summed E-state index contributed by atoms with van der Waals surface area (Å²) >= 11 is 0. The molecule has 0 aliphatic rings. The minimum Gasteiger partial charge on any atom is -0.507 e. The van der Waals surface area contributed by atoms with E-state index in [1.165, 1.54) is 0 Å². The quantitative estimate of drug-likeness (QED) is 0.235. The van der Waals surface area contributed by atoms with E-state index in [1.807, 2.05) is 97.1 Å². The van der Waals surface area contributed by atoms with Gasteiger partial charge in [-0.2, -0.15) is 0 Å². The van der Waals surface area contributed by atoms with Crippen LogP contribution < -0.4 is 0 Å². The van der Waals surface area contributed by atoms with E-state index in [0.717, 1.165) is 46.5 Å². The molecule has 0 saturated heterocycles. The number of aromatic hydroxyl groups is 2. The summed E-state index contributed by atoms with van der Waals surface area (Å²) in [5.74, 6) is 0.453. The molecule has 4 nitrogen and oxygen atoms in total. The van der Waals surface area contributed by atoms with E-state index in [4.69, 9.17) is 9.98 Å². The van der Waals surface area contributed by atoms with E-state index in [0.29, 0.717) is 13.1 Å². The highest BCUT2D eigenvalue weighted by molar-refractivity contribution is 6.15. The van der Waals surface area contributed by atoms with Gasteiger partial charge < -0.3 is 10.2 Å². The van der Waals surface area contributed by atoms with Gasteiger partial charge in [0.05, 0.1) is 11.4 Å². The maximum absolute atomic E-state index is 10.4. The zero-order valence-corrected chi connectivity index (χ0v) is 19.0. The van der Waals surface area contributed by atoms with Crippen LogP contribution in [0.25, 0.3) is 0 Å². The molecule has 0 radical (unpaired) electrons. The summed E-state index contributed by atoms with van der Waals surface area (Å²) in [7, 11) is 0. The third-order valence-corrected chi connectivity index (χ3v) is 5.52. The van der Waals surface area contributed by atoms with Crippen LogP contribution in [0.15, 0.2) is 119 Å². The minimum atomic E-state index is 0.227. The van der Waals surface area contributed by atoms with Gasteiger partial charge in [-0.15, -0.1) is 0 Å². The number of hydrogen-bond donors (Lipinski definition) is 2. The first kappa shape index (κ1) is 23.0. The van der Waals surface area contributed by atoms with Crippen molar-refractivity contribution in [3.8, 4) is 11.5 Å². The Morgan fingerprint density at radius 3 is 1.21 bits per heavy atom. The maximum atomic E-state index is 10.4. The van der Waals surface area contributed by atoms with Gasteiger partial charge in [-0.1, -0.05) is 84.9 Å². The highest BCUT2D eigenvalue weighted by atomic mass is 16.3. The fraction of sp³-hybridized carbons (Fsp3) is 0.133. The maximum Gasteiger partial charge on any atom is 0.124 e. The number of rotatable bonds is 9. The average Bonchev–Trinajstić information content (AvgIpc) is 2.88. The summed E-state index contributed by atoms with van der Waals surface area (Å²) in [6, 6.07) is 34.5. The van der Waals surface area contributed by atoms with Crippen LogP contribution in [0.1, 0.15) is 35.1 Å². The summed E-state index contributed by atoms with van der Waals surface area (Å²) in [5.41, 5.74) is 5.01. The molecule has 0 fully saturated rings. The van der Waals surface area contributed by atoms with Gasteiger partial charge in [0.1, 0.15) is 11.5 Å². The highest BCUT2D eigenvalue weighted by Gasteiger charge is 2.12. The summed E-state index contributed by atoms with van der Waals surface area (Å²) in [4.78, 5) is 9.68. The smallest absolute Gasteiger partial charge is 0.124 e. The third kappa shape index (κ3) is 5.78. The lowest BCUT2D eigenvalue weighted by Crippen LogP contribution is -2.06. The number of nitrogens with zero attached hydrogens (tertiary/aromatic N) is 2. The Hall–Kier alpha value is -4.18. The third-order valence-electron chi connectivity index (χ3n) is 5.52. The number of phenols is 2. The summed E-state index contributed by atoms with van der Waals surface area (Å²) in [6.45, 7) is 1.26. The molecule has 170 valence electrons. The molecule has 4 aromatic rings. The fourth-order valence-corrected chi connectivity index (χ4v) is 3.81. The van der Waals surface area contributed by atoms with Crippen molar-refractivity contribution in [2.24, 2.45) is 9.98 Å². The molecule has 4 heteroatoms. The van der Waals surface area contributed by atoms with Crippen molar-refractivity contribution in [1.29, 1.82) is 0 Å². The molecule has 0 aromatic heterocycles. The number of aliphatic imine (C=N–C) groups is 2. The Morgan fingerprint density at radius 2 is 0.824 bits per heavy atom. The highest BCUT2D eigenvalue weighted by Crippen LogP contribution is 2.22. The predicted octanol–water partition coefficient (Wildman–Crippen LogP) is 6.25. The number of unbranched alkanes of at least 4 members (excludes halogenated alkanes) is 1. The lowest BCUT2D eigenvalue weighted by Gasteiger charge is -2.10. The second-order valence-electron chi connectivity index (χ2n) is 7.93. The number of para-hydroxylation sites is 2. The molecule has 0 atom stereocenters. The van der Waals surface area contributed by atoms with Gasteiger partial charge >= 0.3 is 0 Å². The van der Waals surface area contributed by atoms with E-state index in [-0.39, 0.29) is 11.5 Å². The van der Waals surface area contributed by atoms with Gasteiger partial charge in [0.15, 0.2) is 0 Å². The van der Waals surface area contributed by atoms with Crippen LogP contribution in [0.4, 0.5) is 0 Å². The Bertz CT molecular complexity index is 1160. The van der Waals surface area contributed by atoms with Crippen molar-refractivity contribution < 1.29 is 10.2 Å². The van der Waals surface area contributed by atoms with Crippen molar-refractivity contribution in [2.75, 3.05) is 13.1 Å². The van der Waals surface area contributed by atoms with Crippen LogP contribution in [0, 0.1) is 0 Å². The van der Waals surface area contributed by atoms with E-state index in [1.54, 1.807) is 12.1 Å². The second kappa shape index (κ2) is 11.6. The molecule has 34 heavy (non-hydrogen) atoms. The van der Waals surface area contributed by atoms with Crippen molar-refractivity contribution in [3.63, 3.8) is 0 Å². The van der Waals surface area contributed by atoms with Crippen LogP contribution in [-0.4, -0.2) is 34.7 Å². The molecule has 0 aliphatic heterocycles. The summed E-state index contributed by atoms with van der Waals surface area (Å²) in [6.07, 6.45) is 1.71. The first-order valence-corrected chi connectivity index (χ1v) is 11.5. The standard InChI is InChI=1S/C30H28N2O2/c33-27-19-9-7-17-25(27)29(23-13-3-1-4-14-23)31-21-11-12-22-32-30(24-15-5-2-6-16-24)26-18-8-10-20-28(26)34/h1-10,13-20,33-34H,11-12,21-22H2. The Labute approximate surface area is 200 Å². The van der Waals surface area contributed by atoms with Crippen molar-refractivity contribution in [2.45, 2.75) is 12.8 Å². The summed E-state index contributed by atoms with van der Waals surface area (Å²) < 4.78 is 0. The number of phenolic OH excluding ortho intramolecular Hbond substituents is 2. The van der Waals surface area contributed by atoms with Crippen LogP contribution in [-0.2, 0) is 0 Å². The predicted molar refractivity (Wildman–Crippen MR) is 139 cm³/mol. The molecule has 4 aromatic carbocycles. The molecule has 0 aliphatic carbocycles. The molecule has 0 bridgehead atoms. The van der Waals surface area contributed by atoms with Crippen molar-refractivity contribution in [1.82, 2.24) is 0 Å². The SMILES string of the molecule is Oc1ccccc1C(=NCCCCN=C(c1ccccc1)c1ccccc1O)c1ccccc1. The van der Waals surface area contributed by atoms with Crippen LogP contribution in [0.2, 0.25) is 0 Å². The Balaban J connectivity index is 1.47. The fourth-order valence-electron chi connectivity index (χ4n) is 3.81. The van der Waals surface area contributed by atoms with Gasteiger partial charge in [0, 0.05) is 35.3 Å². The normalized spacial score (nSPS) is 12.0. The van der Waals surface area contributed by atoms with Crippen molar-refractivity contribution >= 4 is 11.4 Å². The van der Waals surface area contributed by atoms with Gasteiger partial charge in [0.25, 0.3) is 0 Å². The zero-order chi connectivity index (χ0) is 23.6. The zero-order valence-electron chi connectivity index (χ0n) is 19.0. The minimum absolute atomic E-state index is 0.227. The summed E-state index contributed by atoms with van der Waals surface area (Å²) in [5, 5.41) is 20.7. The molecule has 0 unspecified atom stereocenters. The molecule has 2 N–H and O–H groups in total. The van der Waals surface area contributed by atoms with Gasteiger partial charge in [0.2, 0.25) is 0 Å². The largest absolute Gasteiger partial charge is 0.507 e. The second-order valence-corrected chi connectivity index (χ2v) is 7.93. The molecular formula is C30H28N2O2. The molecule has 0 spiro atoms. The average molecular weight is 449 g/mol. The van der Waals surface area contributed by atoms with Gasteiger partial charge in [-0.25, -0.2) is 0 Å². The first-order chi connectivity index (χ1) is 16.7. The Morgan fingerprint density at radius 1 is 0.471 bits per heavy atom. The van der Waals surface area contributed by atoms with E-state index >= 15 is 0 Å². The number of benzene rings is 4. The molecule has 4 rings (SSSR count). The lowest BCUT2D eigenvalue weighted by atomic mass is 10.0. The number of hydrogen-bond acceptors (Lipinski definition) is 4. The molecular weight excluding hydrogens is 420 g/mol. The van der Waals surface area contributed by atoms with Crippen LogP contribution in [0.3, 0.4) is 0 Å². The molecule has 0 saturated carbocycles. The topological polar surface area (TPSA) is 65.2 Å². The van der Waals surface area contributed by atoms with E-state index in [2.05, 4.69) is 0 Å². The van der Waals surface area contributed by atoms with Gasteiger partial charge in [-0.3, -0.25) is 9.98 Å². The van der Waals surface area contributed by atoms with Crippen molar-refractivity contribution in [3.05, 3.63) is 131 Å². The molecule has 0 amide bonds. The van der Waals surface area contributed by atoms with E-state index in [9.17, 15) is 10.2 Å². The first-order valence-electron chi connectivity index (χ1n) is 11.5. The monoisotopic (exact) mass is 448 g/mol. The van der Waals surface area contributed by atoms with Crippen LogP contribution >= 0.6 is 0 Å². The Kier molecular flexibility index (Phi) is 7.86. The van der Waals surface area contributed by atoms with Gasteiger partial charge in [-0.05, 0) is 37.1 Å². The van der Waals surface area contributed by atoms with Crippen LogP contribution in [0.5, 0.6) is 11.5 Å².